The first-order valence-electron chi connectivity index (χ1n) is 5.42. The Kier molecular flexibility index (Phi) is 1.81. The number of carbonyl (C=O) groups excluding carboxylic acids is 2. The molecular formula is C10Cl8O2. The molecule has 6 saturated carbocycles. The van der Waals surface area contributed by atoms with Crippen LogP contribution in [-0.4, -0.2) is 50.6 Å². The predicted octanol–water partition coefficient (Wildman–Crippen LogP) is 3.01. The summed E-state index contributed by atoms with van der Waals surface area (Å²) in [5.41, 5.74) is 0. The standard InChI is InChI=1S/C10Cl8O2/c11-3-1(19)5(13)8(16)4(3,12)2(20)6(14)7(3,15)9(5,17)10(6,8)18/t3-,4+,5-,6+,7-,8-,9-,10+/m0/s1. The molecule has 0 aliphatic heterocycles. The Hall–Kier alpha value is 1.66. The Morgan fingerprint density at radius 1 is 0.450 bits per heavy atom. The van der Waals surface area contributed by atoms with Crippen LogP contribution in [0.15, 0.2) is 0 Å². The molecule has 8 atom stereocenters. The van der Waals surface area contributed by atoms with Crippen molar-refractivity contribution in [3.05, 3.63) is 0 Å². The lowest BCUT2D eigenvalue weighted by molar-refractivity contribution is -0.126. The van der Waals surface area contributed by atoms with Crippen LogP contribution in [0, 0.1) is 0 Å². The molecule has 10 heteroatoms. The third-order valence-electron chi connectivity index (χ3n) is 6.00. The first-order chi connectivity index (χ1) is 8.81. The first-order valence-corrected chi connectivity index (χ1v) is 8.44. The number of halogens is 8. The maximum Gasteiger partial charge on any atom is 0.182 e. The van der Waals surface area contributed by atoms with Crippen molar-refractivity contribution in [3.8, 4) is 0 Å². The number of hydrogen-bond acceptors (Lipinski definition) is 2. The fourth-order valence-electron chi connectivity index (χ4n) is 5.40. The molecule has 0 aromatic carbocycles. The average molecular weight is 436 g/mol. The zero-order valence-corrected chi connectivity index (χ0v) is 14.9. The van der Waals surface area contributed by atoms with E-state index in [1.807, 2.05) is 0 Å². The summed E-state index contributed by atoms with van der Waals surface area (Å²) in [4.78, 5) is 10.2. The van der Waals surface area contributed by atoms with E-state index in [2.05, 4.69) is 0 Å². The van der Waals surface area contributed by atoms with E-state index in [0.29, 0.717) is 0 Å². The SMILES string of the molecule is O=C1[C@@]2(Cl)[C@@]3(Cl)C(=O)[C@]4(Cl)[C@]2(Cl)[C@]2(Cl)[C@]1(Cl)[C@]3(Cl)[C@@]42Cl. The molecule has 6 rings (SSSR count). The molecule has 4 bridgehead atoms. The van der Waals surface area contributed by atoms with E-state index in [-0.39, 0.29) is 0 Å². The summed E-state index contributed by atoms with van der Waals surface area (Å²) in [7, 11) is 0. The van der Waals surface area contributed by atoms with Crippen LogP contribution >= 0.6 is 92.8 Å². The highest BCUT2D eigenvalue weighted by Gasteiger charge is 3.29. The monoisotopic (exact) mass is 432 g/mol. The number of carbonyl (C=O) groups is 2. The van der Waals surface area contributed by atoms with E-state index in [9.17, 15) is 9.59 Å². The molecule has 0 spiro atoms. The van der Waals surface area contributed by atoms with Gasteiger partial charge in [0, 0.05) is 0 Å². The van der Waals surface area contributed by atoms with E-state index in [1.165, 1.54) is 0 Å². The highest BCUT2D eigenvalue weighted by atomic mass is 35.5. The van der Waals surface area contributed by atoms with Gasteiger partial charge in [-0.25, -0.2) is 0 Å². The van der Waals surface area contributed by atoms with Gasteiger partial charge in [0.25, 0.3) is 0 Å². The molecule has 0 amide bonds. The van der Waals surface area contributed by atoms with Crippen molar-refractivity contribution in [3.63, 3.8) is 0 Å². The van der Waals surface area contributed by atoms with E-state index in [1.54, 1.807) is 0 Å². The molecule has 0 unspecified atom stereocenters. The lowest BCUT2D eigenvalue weighted by Gasteiger charge is -2.84. The van der Waals surface area contributed by atoms with Gasteiger partial charge in [-0.05, 0) is 0 Å². The van der Waals surface area contributed by atoms with Gasteiger partial charge in [0.2, 0.25) is 0 Å². The molecule has 0 N–H and O–H groups in total. The highest BCUT2D eigenvalue weighted by Crippen LogP contribution is 3.06. The predicted molar refractivity (Wildman–Crippen MR) is 78.7 cm³/mol. The molecule has 0 aromatic heterocycles. The van der Waals surface area contributed by atoms with Crippen molar-refractivity contribution in [1.82, 2.24) is 0 Å². The summed E-state index contributed by atoms with van der Waals surface area (Å²) in [6.45, 7) is 0. The second-order valence-electron chi connectivity index (χ2n) is 5.93. The molecule has 6 aliphatic carbocycles. The van der Waals surface area contributed by atoms with Gasteiger partial charge >= 0.3 is 0 Å². The van der Waals surface area contributed by atoms with Crippen molar-refractivity contribution in [2.75, 3.05) is 0 Å². The first kappa shape index (κ1) is 14.0. The van der Waals surface area contributed by atoms with Crippen molar-refractivity contribution in [2.45, 2.75) is 39.0 Å². The molecule has 20 heavy (non-hydrogen) atoms. The number of Topliss-reactive ketones (excluding diaryl/α,β-unsaturated/α-hetero) is 2. The van der Waals surface area contributed by atoms with Gasteiger partial charge in [-0.15, -0.1) is 92.8 Å². The van der Waals surface area contributed by atoms with E-state index >= 15 is 0 Å². The third kappa shape index (κ3) is 0.512. The Morgan fingerprint density at radius 2 is 0.700 bits per heavy atom. The summed E-state index contributed by atoms with van der Waals surface area (Å²) in [5, 5.41) is 0. The molecule has 6 aliphatic rings. The largest absolute Gasteiger partial charge is 0.295 e. The van der Waals surface area contributed by atoms with Gasteiger partial charge in [-0.3, -0.25) is 9.59 Å². The van der Waals surface area contributed by atoms with Crippen LogP contribution in [0.2, 0.25) is 0 Å². The minimum absolute atomic E-state index is 0.784. The quantitative estimate of drug-likeness (QED) is 0.548. The third-order valence-corrected chi connectivity index (χ3v) is 13.3. The van der Waals surface area contributed by atoms with Crippen LogP contribution in [0.25, 0.3) is 0 Å². The Bertz CT molecular complexity index is 668. The smallest absolute Gasteiger partial charge is 0.182 e. The summed E-state index contributed by atoms with van der Waals surface area (Å²) < 4.78 is 0. The van der Waals surface area contributed by atoms with E-state index in [0.717, 1.165) is 0 Å². The van der Waals surface area contributed by atoms with Gasteiger partial charge in [-0.2, -0.15) is 0 Å². The van der Waals surface area contributed by atoms with Crippen molar-refractivity contribution in [1.29, 1.82) is 0 Å². The van der Waals surface area contributed by atoms with Crippen molar-refractivity contribution >= 4 is 104 Å². The molecule has 6 fully saturated rings. The molecule has 0 heterocycles. The van der Waals surface area contributed by atoms with Crippen LogP contribution in [0.1, 0.15) is 0 Å². The summed E-state index contributed by atoms with van der Waals surface area (Å²) in [6, 6.07) is 0. The molecular weight excluding hydrogens is 436 g/mol. The average Bonchev–Trinajstić information content (AvgIpc) is 2.66. The zero-order chi connectivity index (χ0) is 15.2. The van der Waals surface area contributed by atoms with Gasteiger partial charge in [-0.1, -0.05) is 0 Å². The summed E-state index contributed by atoms with van der Waals surface area (Å²) in [5.74, 6) is -1.57. The minimum Gasteiger partial charge on any atom is -0.295 e. The number of ketones is 2. The molecule has 0 radical (unpaired) electrons. The van der Waals surface area contributed by atoms with Gasteiger partial charge in [0.1, 0.15) is 19.5 Å². The number of alkyl halides is 8. The fraction of sp³-hybridized carbons (Fsp3) is 0.800. The summed E-state index contributed by atoms with van der Waals surface area (Å²) in [6.07, 6.45) is 0. The highest BCUT2D eigenvalue weighted by molar-refractivity contribution is 6.84. The maximum absolute atomic E-state index is 12.7. The summed E-state index contributed by atoms with van der Waals surface area (Å²) >= 11 is 51.6. The van der Waals surface area contributed by atoms with Crippen LogP contribution < -0.4 is 0 Å². The number of hydrogen-bond donors (Lipinski definition) is 0. The lowest BCUT2D eigenvalue weighted by Crippen LogP contribution is -3.07. The Morgan fingerprint density at radius 3 is 0.950 bits per heavy atom. The van der Waals surface area contributed by atoms with E-state index in [4.69, 9.17) is 92.8 Å². The molecule has 2 nitrogen and oxygen atoms in total. The van der Waals surface area contributed by atoms with Crippen LogP contribution in [0.3, 0.4) is 0 Å². The molecule has 0 aromatic rings. The fourth-order valence-corrected chi connectivity index (χ4v) is 12.1. The normalized spacial score (nSPS) is 81.8. The topological polar surface area (TPSA) is 34.1 Å². The van der Waals surface area contributed by atoms with Crippen molar-refractivity contribution in [2.24, 2.45) is 0 Å². The van der Waals surface area contributed by atoms with Crippen LogP contribution in [-0.2, 0) is 9.59 Å². The maximum atomic E-state index is 12.7. The second kappa shape index (κ2) is 2.58. The second-order valence-corrected chi connectivity index (χ2v) is 10.5. The number of rotatable bonds is 0. The van der Waals surface area contributed by atoms with Crippen LogP contribution in [0.5, 0.6) is 0 Å². The molecule has 108 valence electrons. The zero-order valence-electron chi connectivity index (χ0n) is 8.84. The van der Waals surface area contributed by atoms with Crippen LogP contribution in [0.4, 0.5) is 0 Å². The minimum atomic E-state index is -2.08. The Labute approximate surface area is 152 Å². The van der Waals surface area contributed by atoms with E-state index < -0.39 is 50.6 Å². The Balaban J connectivity index is 2.11. The van der Waals surface area contributed by atoms with Gasteiger partial charge < -0.3 is 0 Å². The van der Waals surface area contributed by atoms with Gasteiger partial charge in [0.05, 0.1) is 0 Å². The lowest BCUT2D eigenvalue weighted by atomic mass is 9.37. The van der Waals surface area contributed by atoms with Crippen molar-refractivity contribution < 1.29 is 9.59 Å². The van der Waals surface area contributed by atoms with Gasteiger partial charge in [0.15, 0.2) is 31.1 Å². The molecule has 0 saturated heterocycles.